The highest BCUT2D eigenvalue weighted by molar-refractivity contribution is 9.10. The molecule has 0 aromatic heterocycles. The Morgan fingerprint density at radius 2 is 1.96 bits per heavy atom. The van der Waals surface area contributed by atoms with Crippen LogP contribution in [0.3, 0.4) is 0 Å². The number of halogens is 1. The lowest BCUT2D eigenvalue weighted by Gasteiger charge is -2.07. The van der Waals surface area contributed by atoms with E-state index in [0.717, 1.165) is 10.8 Å². The molecule has 0 unspecified atom stereocenters. The summed E-state index contributed by atoms with van der Waals surface area (Å²) in [5.41, 5.74) is 3.44. The number of benzene rings is 3. The molecule has 0 spiro atoms. The molecule has 6 heteroatoms. The number of fused-ring (bicyclic) bond motifs is 1. The fraction of sp³-hybridized carbons (Fsp3) is 0.0526. The van der Waals surface area contributed by atoms with E-state index in [-0.39, 0.29) is 11.7 Å². The van der Waals surface area contributed by atoms with Gasteiger partial charge in [-0.3, -0.25) is 4.79 Å². The van der Waals surface area contributed by atoms with Gasteiger partial charge < -0.3 is 9.84 Å². The van der Waals surface area contributed by atoms with E-state index in [1.165, 1.54) is 13.3 Å². The highest BCUT2D eigenvalue weighted by Gasteiger charge is 2.10. The van der Waals surface area contributed by atoms with Crippen LogP contribution in [0.4, 0.5) is 0 Å². The van der Waals surface area contributed by atoms with Gasteiger partial charge in [-0.15, -0.1) is 0 Å². The van der Waals surface area contributed by atoms with E-state index in [1.54, 1.807) is 18.2 Å². The molecule has 0 fully saturated rings. The van der Waals surface area contributed by atoms with Gasteiger partial charge in [0, 0.05) is 11.1 Å². The molecular formula is C19H15BrN2O3. The number of phenols is 1. The van der Waals surface area contributed by atoms with Crippen molar-refractivity contribution in [1.29, 1.82) is 0 Å². The van der Waals surface area contributed by atoms with Gasteiger partial charge in [0.2, 0.25) is 0 Å². The molecule has 0 aliphatic rings. The molecule has 0 bridgehead atoms. The monoisotopic (exact) mass is 398 g/mol. The van der Waals surface area contributed by atoms with Crippen molar-refractivity contribution in [2.45, 2.75) is 0 Å². The number of carbonyl (C=O) groups excluding carboxylic acids is 1. The second-order valence-corrected chi connectivity index (χ2v) is 6.13. The number of methoxy groups -OCH3 is 1. The first-order valence-corrected chi connectivity index (χ1v) is 8.27. The number of carbonyl (C=O) groups is 1. The highest BCUT2D eigenvalue weighted by atomic mass is 79.9. The summed E-state index contributed by atoms with van der Waals surface area (Å²) < 4.78 is 5.63. The molecule has 0 heterocycles. The molecule has 1 amide bonds. The van der Waals surface area contributed by atoms with Crippen LogP contribution >= 0.6 is 15.9 Å². The molecule has 3 rings (SSSR count). The predicted molar refractivity (Wildman–Crippen MR) is 101 cm³/mol. The number of ether oxygens (including phenoxy) is 1. The molecule has 0 atom stereocenters. The summed E-state index contributed by atoms with van der Waals surface area (Å²) in [6.45, 7) is 0. The fourth-order valence-electron chi connectivity index (χ4n) is 2.45. The summed E-state index contributed by atoms with van der Waals surface area (Å²) in [6.07, 6.45) is 1.37. The van der Waals surface area contributed by atoms with E-state index < -0.39 is 0 Å². The summed E-state index contributed by atoms with van der Waals surface area (Å²) in [4.78, 5) is 12.4. The van der Waals surface area contributed by atoms with Gasteiger partial charge in [0.1, 0.15) is 11.5 Å². The molecule has 3 aromatic rings. The topological polar surface area (TPSA) is 70.9 Å². The highest BCUT2D eigenvalue weighted by Crippen LogP contribution is 2.31. The molecule has 0 radical (unpaired) electrons. The summed E-state index contributed by atoms with van der Waals surface area (Å²) in [5.74, 6) is 0.255. The lowest BCUT2D eigenvalue weighted by atomic mass is 10.0. The molecule has 2 N–H and O–H groups in total. The smallest absolute Gasteiger partial charge is 0.271 e. The zero-order valence-corrected chi connectivity index (χ0v) is 14.9. The predicted octanol–water partition coefficient (Wildman–Crippen LogP) is 4.08. The SMILES string of the molecule is COc1cc(Br)c(O)c(/C=N\NC(=O)c2cccc3ccccc23)c1. The van der Waals surface area contributed by atoms with Crippen LogP contribution in [0, 0.1) is 0 Å². The maximum atomic E-state index is 12.4. The van der Waals surface area contributed by atoms with Crippen LogP contribution in [0.15, 0.2) is 64.2 Å². The second kappa shape index (κ2) is 7.36. The fourth-order valence-corrected chi connectivity index (χ4v) is 2.91. The second-order valence-electron chi connectivity index (χ2n) is 5.27. The Labute approximate surface area is 153 Å². The Bertz CT molecular complexity index is 965. The van der Waals surface area contributed by atoms with Crippen LogP contribution in [-0.2, 0) is 0 Å². The molecule has 5 nitrogen and oxygen atoms in total. The van der Waals surface area contributed by atoms with Crippen LogP contribution in [0.25, 0.3) is 10.8 Å². The minimum Gasteiger partial charge on any atom is -0.506 e. The average Bonchev–Trinajstić information content (AvgIpc) is 2.64. The van der Waals surface area contributed by atoms with Crippen molar-refractivity contribution in [1.82, 2.24) is 5.43 Å². The van der Waals surface area contributed by atoms with Crippen LogP contribution in [0.1, 0.15) is 15.9 Å². The van der Waals surface area contributed by atoms with Gasteiger partial charge >= 0.3 is 0 Å². The van der Waals surface area contributed by atoms with Crippen molar-refractivity contribution in [3.63, 3.8) is 0 Å². The third-order valence-electron chi connectivity index (χ3n) is 3.71. The number of nitrogens with zero attached hydrogens (tertiary/aromatic N) is 1. The third kappa shape index (κ3) is 3.64. The molecule has 3 aromatic carbocycles. The van der Waals surface area contributed by atoms with Crippen molar-refractivity contribution < 1.29 is 14.6 Å². The minimum absolute atomic E-state index is 0.0176. The number of rotatable bonds is 4. The zero-order valence-electron chi connectivity index (χ0n) is 13.4. The number of aromatic hydroxyl groups is 1. The van der Waals surface area contributed by atoms with Gasteiger partial charge in [-0.05, 0) is 44.9 Å². The normalized spacial score (nSPS) is 11.0. The van der Waals surface area contributed by atoms with Gasteiger partial charge in [-0.1, -0.05) is 36.4 Å². The molecular weight excluding hydrogens is 384 g/mol. The van der Waals surface area contributed by atoms with Crippen molar-refractivity contribution in [2.75, 3.05) is 7.11 Å². The van der Waals surface area contributed by atoms with E-state index in [4.69, 9.17) is 4.74 Å². The Hall–Kier alpha value is -2.86. The van der Waals surface area contributed by atoms with Crippen LogP contribution in [-0.4, -0.2) is 24.3 Å². The summed E-state index contributed by atoms with van der Waals surface area (Å²) in [7, 11) is 1.53. The van der Waals surface area contributed by atoms with E-state index in [0.29, 0.717) is 21.3 Å². The van der Waals surface area contributed by atoms with Crippen LogP contribution in [0.5, 0.6) is 11.5 Å². The van der Waals surface area contributed by atoms with Crippen LogP contribution in [0.2, 0.25) is 0 Å². The number of phenolic OH excluding ortho intramolecular Hbond substituents is 1. The first-order chi connectivity index (χ1) is 12.1. The minimum atomic E-state index is -0.325. The number of hydrogen-bond acceptors (Lipinski definition) is 4. The zero-order chi connectivity index (χ0) is 17.8. The molecule has 0 aliphatic carbocycles. The van der Waals surface area contributed by atoms with Crippen molar-refractivity contribution >= 4 is 38.8 Å². The standard InChI is InChI=1S/C19H15BrN2O3/c1-25-14-9-13(18(23)17(20)10-14)11-21-22-19(24)16-8-4-6-12-5-2-3-7-15(12)16/h2-11,23H,1H3,(H,22,24)/b21-11-. The number of hydrazone groups is 1. The quantitative estimate of drug-likeness (QED) is 0.513. The van der Waals surface area contributed by atoms with Crippen molar-refractivity contribution in [3.05, 3.63) is 70.2 Å². The number of nitrogens with one attached hydrogen (secondary N) is 1. The first-order valence-electron chi connectivity index (χ1n) is 7.48. The van der Waals surface area contributed by atoms with Crippen molar-refractivity contribution in [2.24, 2.45) is 5.10 Å². The van der Waals surface area contributed by atoms with E-state index >= 15 is 0 Å². The van der Waals surface area contributed by atoms with E-state index in [9.17, 15) is 9.90 Å². The Morgan fingerprint density at radius 3 is 2.76 bits per heavy atom. The average molecular weight is 399 g/mol. The Kier molecular flexibility index (Phi) is 5.00. The lowest BCUT2D eigenvalue weighted by Crippen LogP contribution is -2.17. The van der Waals surface area contributed by atoms with Gasteiger partial charge in [0.05, 0.1) is 17.8 Å². The Morgan fingerprint density at radius 1 is 1.20 bits per heavy atom. The van der Waals surface area contributed by atoms with Gasteiger partial charge in [-0.2, -0.15) is 5.10 Å². The van der Waals surface area contributed by atoms with E-state index in [2.05, 4.69) is 26.5 Å². The summed E-state index contributed by atoms with van der Waals surface area (Å²) in [6, 6.07) is 16.4. The van der Waals surface area contributed by atoms with Crippen molar-refractivity contribution in [3.8, 4) is 11.5 Å². The first kappa shape index (κ1) is 17.0. The summed E-state index contributed by atoms with van der Waals surface area (Å²) in [5, 5.41) is 15.8. The number of amides is 1. The van der Waals surface area contributed by atoms with E-state index in [1.807, 2.05) is 36.4 Å². The van der Waals surface area contributed by atoms with Gasteiger partial charge in [0.15, 0.2) is 0 Å². The molecule has 126 valence electrons. The van der Waals surface area contributed by atoms with Gasteiger partial charge in [0.25, 0.3) is 5.91 Å². The molecule has 0 aliphatic heterocycles. The third-order valence-corrected chi connectivity index (χ3v) is 4.31. The number of hydrogen-bond donors (Lipinski definition) is 2. The molecule has 0 saturated carbocycles. The molecule has 25 heavy (non-hydrogen) atoms. The Balaban J connectivity index is 1.83. The largest absolute Gasteiger partial charge is 0.506 e. The maximum Gasteiger partial charge on any atom is 0.271 e. The lowest BCUT2D eigenvalue weighted by molar-refractivity contribution is 0.0957. The maximum absolute atomic E-state index is 12.4. The summed E-state index contributed by atoms with van der Waals surface area (Å²) >= 11 is 3.24. The van der Waals surface area contributed by atoms with Crippen LogP contribution < -0.4 is 10.2 Å². The molecule has 0 saturated heterocycles. The van der Waals surface area contributed by atoms with Gasteiger partial charge in [-0.25, -0.2) is 5.43 Å².